The first-order chi connectivity index (χ1) is 10.7. The topological polar surface area (TPSA) is 44.6 Å². The predicted molar refractivity (Wildman–Crippen MR) is 90.0 cm³/mol. The van der Waals surface area contributed by atoms with Gasteiger partial charge in [-0.1, -0.05) is 60.7 Å². The summed E-state index contributed by atoms with van der Waals surface area (Å²) in [5.41, 5.74) is 0.912. The zero-order valence-corrected chi connectivity index (χ0v) is 12.9. The standard InChI is InChI=1S/C19H22N2O/c1-15-20-14-18(21-15)12-13-19(22,16-8-4-2-5-9-16)17-10-6-3-7-11-17/h2-11,18,22H,12-14H2,1H3,(H,20,21). The third-order valence-electron chi connectivity index (χ3n) is 4.31. The zero-order chi connectivity index (χ0) is 15.4. The molecule has 1 aliphatic rings. The maximum atomic E-state index is 11.4. The normalized spacial score (nSPS) is 17.9. The number of hydrogen-bond donors (Lipinski definition) is 2. The van der Waals surface area contributed by atoms with Gasteiger partial charge in [-0.25, -0.2) is 0 Å². The van der Waals surface area contributed by atoms with Crippen molar-refractivity contribution in [3.63, 3.8) is 0 Å². The Bertz CT molecular complexity index is 597. The Balaban J connectivity index is 1.87. The summed E-state index contributed by atoms with van der Waals surface area (Å²) in [5, 5.41) is 14.7. The van der Waals surface area contributed by atoms with Crippen molar-refractivity contribution in [2.75, 3.05) is 6.54 Å². The number of hydrogen-bond acceptors (Lipinski definition) is 3. The first-order valence-electron chi connectivity index (χ1n) is 7.80. The Morgan fingerprint density at radius 1 is 1.05 bits per heavy atom. The van der Waals surface area contributed by atoms with Crippen LogP contribution < -0.4 is 5.32 Å². The average Bonchev–Trinajstić information content (AvgIpc) is 3.00. The molecule has 0 spiro atoms. The summed E-state index contributed by atoms with van der Waals surface area (Å²) < 4.78 is 0. The Morgan fingerprint density at radius 2 is 1.59 bits per heavy atom. The van der Waals surface area contributed by atoms with Crippen molar-refractivity contribution in [2.24, 2.45) is 4.99 Å². The van der Waals surface area contributed by atoms with Crippen molar-refractivity contribution in [3.05, 3.63) is 71.8 Å². The highest BCUT2D eigenvalue weighted by Gasteiger charge is 2.32. The van der Waals surface area contributed by atoms with E-state index in [0.29, 0.717) is 6.42 Å². The summed E-state index contributed by atoms with van der Waals surface area (Å²) in [6, 6.07) is 20.1. The second-order valence-corrected chi connectivity index (χ2v) is 5.88. The third kappa shape index (κ3) is 3.04. The molecule has 0 aliphatic carbocycles. The van der Waals surface area contributed by atoms with Crippen molar-refractivity contribution < 1.29 is 5.11 Å². The van der Waals surface area contributed by atoms with E-state index in [2.05, 4.69) is 10.3 Å². The van der Waals surface area contributed by atoms with Crippen molar-refractivity contribution in [1.82, 2.24) is 5.32 Å². The molecule has 1 heterocycles. The number of aliphatic imine (C=N–C) groups is 1. The minimum absolute atomic E-state index is 0.249. The molecule has 0 aromatic heterocycles. The second kappa shape index (κ2) is 6.32. The van der Waals surface area contributed by atoms with Gasteiger partial charge in [-0.15, -0.1) is 0 Å². The van der Waals surface area contributed by atoms with Crippen LogP contribution in [0.25, 0.3) is 0 Å². The molecule has 1 aliphatic heterocycles. The molecule has 1 unspecified atom stereocenters. The van der Waals surface area contributed by atoms with Crippen LogP contribution in [0.3, 0.4) is 0 Å². The quantitative estimate of drug-likeness (QED) is 0.890. The molecule has 1 atom stereocenters. The van der Waals surface area contributed by atoms with E-state index in [0.717, 1.165) is 29.9 Å². The maximum absolute atomic E-state index is 11.4. The van der Waals surface area contributed by atoms with Crippen LogP contribution in [0.1, 0.15) is 30.9 Å². The molecule has 3 rings (SSSR count). The van der Waals surface area contributed by atoms with E-state index >= 15 is 0 Å². The molecular weight excluding hydrogens is 272 g/mol. The maximum Gasteiger partial charge on any atom is 0.115 e. The summed E-state index contributed by atoms with van der Waals surface area (Å²) in [5.74, 6) is 0.993. The molecule has 0 radical (unpaired) electrons. The van der Waals surface area contributed by atoms with Crippen molar-refractivity contribution in [3.8, 4) is 0 Å². The van der Waals surface area contributed by atoms with E-state index < -0.39 is 5.60 Å². The first kappa shape index (κ1) is 14.8. The van der Waals surface area contributed by atoms with Gasteiger partial charge in [-0.2, -0.15) is 0 Å². The van der Waals surface area contributed by atoms with Crippen LogP contribution in [0.5, 0.6) is 0 Å². The molecule has 2 aromatic rings. The minimum atomic E-state index is -0.964. The molecule has 3 heteroatoms. The van der Waals surface area contributed by atoms with Gasteiger partial charge in [0.1, 0.15) is 5.60 Å². The second-order valence-electron chi connectivity index (χ2n) is 5.88. The van der Waals surface area contributed by atoms with Crippen molar-refractivity contribution >= 4 is 5.84 Å². The number of rotatable bonds is 5. The van der Waals surface area contributed by atoms with E-state index in [-0.39, 0.29) is 6.04 Å². The van der Waals surface area contributed by atoms with E-state index in [1.165, 1.54) is 0 Å². The SMILES string of the molecule is CC1=NC(CCC(O)(c2ccccc2)c2ccccc2)CN1. The minimum Gasteiger partial charge on any atom is -0.380 e. The Kier molecular flexibility index (Phi) is 4.25. The summed E-state index contributed by atoms with van der Waals surface area (Å²) in [4.78, 5) is 4.57. The largest absolute Gasteiger partial charge is 0.380 e. The number of amidine groups is 1. The van der Waals surface area contributed by atoms with Gasteiger partial charge in [0, 0.05) is 6.54 Å². The molecule has 0 saturated heterocycles. The summed E-state index contributed by atoms with van der Waals surface area (Å²) in [6.45, 7) is 2.85. The van der Waals surface area contributed by atoms with Gasteiger partial charge < -0.3 is 10.4 Å². The van der Waals surface area contributed by atoms with Crippen LogP contribution in [-0.2, 0) is 5.60 Å². The Hall–Kier alpha value is -2.13. The fourth-order valence-corrected chi connectivity index (χ4v) is 3.06. The Labute approximate surface area is 131 Å². The van der Waals surface area contributed by atoms with Crippen molar-refractivity contribution in [2.45, 2.75) is 31.4 Å². The molecule has 3 nitrogen and oxygen atoms in total. The van der Waals surface area contributed by atoms with Gasteiger partial charge in [-0.05, 0) is 30.9 Å². The molecule has 0 amide bonds. The van der Waals surface area contributed by atoms with Gasteiger partial charge in [0.25, 0.3) is 0 Å². The predicted octanol–water partition coefficient (Wildman–Crippen LogP) is 3.09. The summed E-state index contributed by atoms with van der Waals surface area (Å²) in [7, 11) is 0. The fraction of sp³-hybridized carbons (Fsp3) is 0.316. The lowest BCUT2D eigenvalue weighted by molar-refractivity contribution is 0.0670. The summed E-state index contributed by atoms with van der Waals surface area (Å²) in [6.07, 6.45) is 1.51. The highest BCUT2D eigenvalue weighted by Crippen LogP contribution is 2.34. The van der Waals surface area contributed by atoms with Crippen LogP contribution in [-0.4, -0.2) is 23.5 Å². The van der Waals surface area contributed by atoms with Crippen LogP contribution in [0.15, 0.2) is 65.7 Å². The smallest absolute Gasteiger partial charge is 0.115 e. The first-order valence-corrected chi connectivity index (χ1v) is 7.80. The van der Waals surface area contributed by atoms with E-state index in [1.54, 1.807) is 0 Å². The molecule has 114 valence electrons. The molecular formula is C19H22N2O. The average molecular weight is 294 g/mol. The number of nitrogens with zero attached hydrogens (tertiary/aromatic N) is 1. The fourth-order valence-electron chi connectivity index (χ4n) is 3.06. The van der Waals surface area contributed by atoms with Crippen molar-refractivity contribution in [1.29, 1.82) is 0 Å². The van der Waals surface area contributed by atoms with Crippen LogP contribution in [0.2, 0.25) is 0 Å². The molecule has 2 aromatic carbocycles. The lowest BCUT2D eigenvalue weighted by Crippen LogP contribution is -2.29. The van der Waals surface area contributed by atoms with E-state index in [9.17, 15) is 5.11 Å². The van der Waals surface area contributed by atoms with E-state index in [1.807, 2.05) is 67.6 Å². The van der Waals surface area contributed by atoms with Gasteiger partial charge >= 0.3 is 0 Å². The van der Waals surface area contributed by atoms with E-state index in [4.69, 9.17) is 0 Å². The molecule has 2 N–H and O–H groups in total. The van der Waals surface area contributed by atoms with Gasteiger partial charge in [0.05, 0.1) is 11.9 Å². The lowest BCUT2D eigenvalue weighted by Gasteiger charge is -2.30. The monoisotopic (exact) mass is 294 g/mol. The number of benzene rings is 2. The van der Waals surface area contributed by atoms with Crippen LogP contribution in [0.4, 0.5) is 0 Å². The van der Waals surface area contributed by atoms with Crippen LogP contribution in [0, 0.1) is 0 Å². The third-order valence-corrected chi connectivity index (χ3v) is 4.31. The van der Waals surface area contributed by atoms with Gasteiger partial charge in [0.2, 0.25) is 0 Å². The molecule has 22 heavy (non-hydrogen) atoms. The molecule has 0 fully saturated rings. The Morgan fingerprint density at radius 3 is 2.05 bits per heavy atom. The zero-order valence-electron chi connectivity index (χ0n) is 12.9. The lowest BCUT2D eigenvalue weighted by atomic mass is 9.82. The van der Waals surface area contributed by atoms with Gasteiger partial charge in [-0.3, -0.25) is 4.99 Å². The molecule has 0 saturated carbocycles. The highest BCUT2D eigenvalue weighted by atomic mass is 16.3. The highest BCUT2D eigenvalue weighted by molar-refractivity contribution is 5.81. The van der Waals surface area contributed by atoms with Gasteiger partial charge in [0.15, 0.2) is 0 Å². The number of aliphatic hydroxyl groups is 1. The van der Waals surface area contributed by atoms with Crippen LogP contribution >= 0.6 is 0 Å². The molecule has 0 bridgehead atoms. The number of nitrogens with one attached hydrogen (secondary N) is 1. The summed E-state index contributed by atoms with van der Waals surface area (Å²) >= 11 is 0.